The Labute approximate surface area is 151 Å². The number of carbonyl (C=O) groups is 2. The Morgan fingerprint density at radius 2 is 1.84 bits per heavy atom. The Morgan fingerprint density at radius 1 is 1.16 bits per heavy atom. The molecule has 2 atom stereocenters. The van der Waals surface area contributed by atoms with Crippen LogP contribution in [0.2, 0.25) is 0 Å². The third-order valence-corrected chi connectivity index (χ3v) is 4.81. The summed E-state index contributed by atoms with van der Waals surface area (Å²) in [5.41, 5.74) is 0.601. The lowest BCUT2D eigenvalue weighted by molar-refractivity contribution is -0.161. The van der Waals surface area contributed by atoms with Crippen LogP contribution in [0.5, 0.6) is 0 Å². The molecule has 4 nitrogen and oxygen atoms in total. The maximum Gasteiger partial charge on any atom is 0.309 e. The van der Waals surface area contributed by atoms with E-state index in [0.29, 0.717) is 6.42 Å². The number of esters is 1. The Kier molecular flexibility index (Phi) is 6.63. The van der Waals surface area contributed by atoms with Crippen molar-refractivity contribution >= 4 is 11.9 Å². The fraction of sp³-hybridized carbons (Fsp3) is 0.619. The van der Waals surface area contributed by atoms with Gasteiger partial charge in [-0.25, -0.2) is 0 Å². The van der Waals surface area contributed by atoms with Gasteiger partial charge in [0.15, 0.2) is 0 Å². The van der Waals surface area contributed by atoms with E-state index in [9.17, 15) is 9.59 Å². The molecule has 1 heterocycles. The van der Waals surface area contributed by atoms with Gasteiger partial charge in [-0.1, -0.05) is 37.3 Å². The molecule has 1 aromatic carbocycles. The first-order valence-corrected chi connectivity index (χ1v) is 9.31. The van der Waals surface area contributed by atoms with Crippen molar-refractivity contribution < 1.29 is 14.3 Å². The highest BCUT2D eigenvalue weighted by Gasteiger charge is 2.30. The zero-order valence-electron chi connectivity index (χ0n) is 16.0. The van der Waals surface area contributed by atoms with Crippen LogP contribution in [0.3, 0.4) is 0 Å². The normalized spacial score (nSPS) is 19.8. The van der Waals surface area contributed by atoms with E-state index >= 15 is 0 Å². The largest absolute Gasteiger partial charge is 0.460 e. The minimum Gasteiger partial charge on any atom is -0.460 e. The highest BCUT2D eigenvalue weighted by molar-refractivity contribution is 5.78. The average molecular weight is 345 g/mol. The van der Waals surface area contributed by atoms with Gasteiger partial charge in [0.25, 0.3) is 0 Å². The van der Waals surface area contributed by atoms with Gasteiger partial charge in [0.2, 0.25) is 5.91 Å². The molecule has 2 unspecified atom stereocenters. The molecule has 138 valence electrons. The van der Waals surface area contributed by atoms with Crippen LogP contribution in [0, 0.1) is 11.8 Å². The number of rotatable bonds is 4. The highest BCUT2D eigenvalue weighted by atomic mass is 16.6. The molecule has 0 aromatic heterocycles. The summed E-state index contributed by atoms with van der Waals surface area (Å²) in [5.74, 6) is 0.214. The Morgan fingerprint density at radius 3 is 2.48 bits per heavy atom. The van der Waals surface area contributed by atoms with Crippen molar-refractivity contribution in [2.24, 2.45) is 11.8 Å². The molecule has 1 aliphatic heterocycles. The molecule has 0 radical (unpaired) electrons. The van der Waals surface area contributed by atoms with Gasteiger partial charge < -0.3 is 9.64 Å². The number of amides is 1. The molecule has 0 aliphatic carbocycles. The second-order valence-corrected chi connectivity index (χ2v) is 8.06. The number of carbonyl (C=O) groups excluding carboxylic acids is 2. The molecular weight excluding hydrogens is 314 g/mol. The van der Waals surface area contributed by atoms with Crippen LogP contribution >= 0.6 is 0 Å². The summed E-state index contributed by atoms with van der Waals surface area (Å²) in [5, 5.41) is 0. The summed E-state index contributed by atoms with van der Waals surface area (Å²) in [6.07, 6.45) is 3.22. The van der Waals surface area contributed by atoms with Crippen LogP contribution < -0.4 is 0 Å². The third-order valence-electron chi connectivity index (χ3n) is 4.81. The van der Waals surface area contributed by atoms with Crippen molar-refractivity contribution in [1.29, 1.82) is 0 Å². The Hall–Kier alpha value is -1.84. The fourth-order valence-electron chi connectivity index (χ4n) is 3.34. The smallest absolute Gasteiger partial charge is 0.309 e. The van der Waals surface area contributed by atoms with E-state index in [1.165, 1.54) is 0 Å². The number of ether oxygens (including phenoxy) is 1. The van der Waals surface area contributed by atoms with Crippen LogP contribution in [0.4, 0.5) is 0 Å². The second kappa shape index (κ2) is 8.50. The molecule has 1 fully saturated rings. The zero-order chi connectivity index (χ0) is 18.4. The van der Waals surface area contributed by atoms with Crippen molar-refractivity contribution in [2.75, 3.05) is 13.1 Å². The lowest BCUT2D eigenvalue weighted by Gasteiger charge is -2.26. The molecular formula is C21H31NO3. The molecule has 25 heavy (non-hydrogen) atoms. The van der Waals surface area contributed by atoms with E-state index in [1.54, 1.807) is 0 Å². The summed E-state index contributed by atoms with van der Waals surface area (Å²) >= 11 is 0. The summed E-state index contributed by atoms with van der Waals surface area (Å²) in [6.45, 7) is 9.16. The van der Waals surface area contributed by atoms with Gasteiger partial charge in [0.05, 0.1) is 12.3 Å². The molecule has 1 amide bonds. The van der Waals surface area contributed by atoms with E-state index in [-0.39, 0.29) is 23.7 Å². The first-order chi connectivity index (χ1) is 11.8. The predicted octanol–water partition coefficient (Wildman–Crippen LogP) is 3.84. The third kappa shape index (κ3) is 6.18. The molecule has 1 saturated heterocycles. The van der Waals surface area contributed by atoms with E-state index in [4.69, 9.17) is 4.74 Å². The van der Waals surface area contributed by atoms with Gasteiger partial charge >= 0.3 is 5.97 Å². The maximum absolute atomic E-state index is 12.6. The van der Waals surface area contributed by atoms with Crippen LogP contribution in [-0.4, -0.2) is 35.5 Å². The lowest BCUT2D eigenvalue weighted by atomic mass is 9.87. The monoisotopic (exact) mass is 345 g/mol. The summed E-state index contributed by atoms with van der Waals surface area (Å²) in [7, 11) is 0. The molecule has 0 spiro atoms. The van der Waals surface area contributed by atoms with Crippen molar-refractivity contribution in [3.63, 3.8) is 0 Å². The van der Waals surface area contributed by atoms with Crippen LogP contribution in [-0.2, 0) is 20.7 Å². The van der Waals surface area contributed by atoms with E-state index < -0.39 is 5.60 Å². The summed E-state index contributed by atoms with van der Waals surface area (Å²) in [6, 6.07) is 9.86. The molecule has 2 rings (SSSR count). The SMILES string of the molecule is CC(C(=O)OC(C)(C)C)C1CCCN(C(=O)Cc2ccccc2)CC1. The quantitative estimate of drug-likeness (QED) is 0.779. The first kappa shape index (κ1) is 19.5. The van der Waals surface area contributed by atoms with E-state index in [1.807, 2.05) is 62.9 Å². The van der Waals surface area contributed by atoms with Gasteiger partial charge in [0.1, 0.15) is 5.60 Å². The summed E-state index contributed by atoms with van der Waals surface area (Å²) in [4.78, 5) is 26.8. The summed E-state index contributed by atoms with van der Waals surface area (Å²) < 4.78 is 5.53. The molecule has 0 N–H and O–H groups in total. The van der Waals surface area contributed by atoms with Crippen LogP contribution in [0.1, 0.15) is 52.5 Å². The molecule has 0 saturated carbocycles. The van der Waals surface area contributed by atoms with Gasteiger partial charge in [-0.3, -0.25) is 9.59 Å². The van der Waals surface area contributed by atoms with Crippen molar-refractivity contribution in [3.8, 4) is 0 Å². The average Bonchev–Trinajstić information content (AvgIpc) is 2.79. The van der Waals surface area contributed by atoms with Gasteiger partial charge in [-0.05, 0) is 51.5 Å². The number of hydrogen-bond donors (Lipinski definition) is 0. The molecule has 1 aromatic rings. The van der Waals surface area contributed by atoms with Crippen molar-refractivity contribution in [1.82, 2.24) is 4.90 Å². The lowest BCUT2D eigenvalue weighted by Crippen LogP contribution is -2.34. The number of nitrogens with zero attached hydrogens (tertiary/aromatic N) is 1. The fourth-order valence-corrected chi connectivity index (χ4v) is 3.34. The van der Waals surface area contributed by atoms with Crippen molar-refractivity contribution in [2.45, 2.75) is 59.0 Å². The Bertz CT molecular complexity index is 577. The zero-order valence-corrected chi connectivity index (χ0v) is 16.0. The van der Waals surface area contributed by atoms with Gasteiger partial charge in [0, 0.05) is 13.1 Å². The number of hydrogen-bond acceptors (Lipinski definition) is 3. The van der Waals surface area contributed by atoms with Crippen LogP contribution in [0.15, 0.2) is 30.3 Å². The number of benzene rings is 1. The predicted molar refractivity (Wildman–Crippen MR) is 99.1 cm³/mol. The maximum atomic E-state index is 12.6. The first-order valence-electron chi connectivity index (χ1n) is 9.31. The van der Waals surface area contributed by atoms with E-state index in [2.05, 4.69) is 0 Å². The minimum atomic E-state index is -0.451. The Balaban J connectivity index is 1.89. The highest BCUT2D eigenvalue weighted by Crippen LogP contribution is 2.27. The minimum absolute atomic E-state index is 0.122. The number of likely N-dealkylation sites (tertiary alicyclic amines) is 1. The van der Waals surface area contributed by atoms with Crippen molar-refractivity contribution in [3.05, 3.63) is 35.9 Å². The van der Waals surface area contributed by atoms with Crippen LogP contribution in [0.25, 0.3) is 0 Å². The van der Waals surface area contributed by atoms with Gasteiger partial charge in [-0.15, -0.1) is 0 Å². The standard InChI is InChI=1S/C21H31NO3/c1-16(20(24)25-21(2,3)4)18-11-8-13-22(14-12-18)19(23)15-17-9-6-5-7-10-17/h5-7,9-10,16,18H,8,11-15H2,1-4H3. The second-order valence-electron chi connectivity index (χ2n) is 8.06. The molecule has 0 bridgehead atoms. The van der Waals surface area contributed by atoms with Gasteiger partial charge in [-0.2, -0.15) is 0 Å². The molecule has 4 heteroatoms. The topological polar surface area (TPSA) is 46.6 Å². The van der Waals surface area contributed by atoms with E-state index in [0.717, 1.165) is 37.9 Å². The molecule has 1 aliphatic rings.